The van der Waals surface area contributed by atoms with Gasteiger partial charge in [-0.1, -0.05) is 19.8 Å². The summed E-state index contributed by atoms with van der Waals surface area (Å²) < 4.78 is 18.8. The van der Waals surface area contributed by atoms with Crippen molar-refractivity contribution in [1.29, 1.82) is 0 Å². The Labute approximate surface area is 90.3 Å². The maximum absolute atomic E-state index is 13.3. The van der Waals surface area contributed by atoms with Crippen molar-refractivity contribution in [2.75, 3.05) is 6.61 Å². The Hall–Kier alpha value is -1.05. The van der Waals surface area contributed by atoms with Gasteiger partial charge in [-0.2, -0.15) is 0 Å². The van der Waals surface area contributed by atoms with Crippen LogP contribution in [0.2, 0.25) is 0 Å². The van der Waals surface area contributed by atoms with E-state index >= 15 is 0 Å². The van der Waals surface area contributed by atoms with E-state index in [0.717, 1.165) is 36.1 Å². The van der Waals surface area contributed by atoms with Crippen LogP contribution in [0, 0.1) is 5.82 Å². The van der Waals surface area contributed by atoms with E-state index in [4.69, 9.17) is 4.74 Å². The van der Waals surface area contributed by atoms with Crippen LogP contribution in [0.1, 0.15) is 37.3 Å². The maximum Gasteiger partial charge on any atom is 0.126 e. The highest BCUT2D eigenvalue weighted by molar-refractivity contribution is 5.44. The van der Waals surface area contributed by atoms with Gasteiger partial charge in [-0.25, -0.2) is 4.39 Å². The van der Waals surface area contributed by atoms with Gasteiger partial charge in [0.2, 0.25) is 0 Å². The summed E-state index contributed by atoms with van der Waals surface area (Å²) in [6.07, 6.45) is 5.31. The number of hydrogen-bond donors (Lipinski definition) is 0. The standard InChI is InChI=1S/C13H17FO/c1-2-3-4-5-10-8-12(14)9-11-6-7-15-13(10)11/h8-9H,2-7H2,1H3. The van der Waals surface area contributed by atoms with Crippen LogP contribution >= 0.6 is 0 Å². The molecule has 82 valence electrons. The van der Waals surface area contributed by atoms with E-state index in [-0.39, 0.29) is 5.82 Å². The summed E-state index contributed by atoms with van der Waals surface area (Å²) in [6, 6.07) is 3.23. The number of benzene rings is 1. The molecule has 0 atom stereocenters. The second-order valence-corrected chi connectivity index (χ2v) is 4.11. The van der Waals surface area contributed by atoms with Crippen molar-refractivity contribution in [3.05, 3.63) is 29.1 Å². The van der Waals surface area contributed by atoms with Crippen molar-refractivity contribution in [3.8, 4) is 5.75 Å². The molecule has 1 heterocycles. The van der Waals surface area contributed by atoms with Gasteiger partial charge >= 0.3 is 0 Å². The van der Waals surface area contributed by atoms with Gasteiger partial charge in [-0.3, -0.25) is 0 Å². The smallest absolute Gasteiger partial charge is 0.126 e. The number of rotatable bonds is 4. The summed E-state index contributed by atoms with van der Waals surface area (Å²) >= 11 is 0. The van der Waals surface area contributed by atoms with Crippen molar-refractivity contribution in [2.24, 2.45) is 0 Å². The molecule has 1 aromatic carbocycles. The molecule has 2 heteroatoms. The second kappa shape index (κ2) is 4.65. The molecule has 0 radical (unpaired) electrons. The summed E-state index contributed by atoms with van der Waals surface area (Å²) in [5.41, 5.74) is 2.09. The summed E-state index contributed by atoms with van der Waals surface area (Å²) in [4.78, 5) is 0. The maximum atomic E-state index is 13.3. The normalized spacial score (nSPS) is 13.7. The van der Waals surface area contributed by atoms with Crippen LogP contribution in [0.5, 0.6) is 5.75 Å². The summed E-state index contributed by atoms with van der Waals surface area (Å²) in [6.45, 7) is 2.88. The van der Waals surface area contributed by atoms with Gasteiger partial charge in [0.25, 0.3) is 0 Å². The van der Waals surface area contributed by atoms with Gasteiger partial charge in [-0.05, 0) is 30.5 Å². The van der Waals surface area contributed by atoms with E-state index < -0.39 is 0 Å². The minimum absolute atomic E-state index is 0.120. The molecule has 0 aromatic heterocycles. The van der Waals surface area contributed by atoms with E-state index in [1.54, 1.807) is 12.1 Å². The molecule has 0 amide bonds. The Bertz CT molecular complexity index is 347. The van der Waals surface area contributed by atoms with Crippen molar-refractivity contribution >= 4 is 0 Å². The molecule has 0 saturated carbocycles. The lowest BCUT2D eigenvalue weighted by Crippen LogP contribution is -1.93. The van der Waals surface area contributed by atoms with E-state index in [1.807, 2.05) is 0 Å². The molecular formula is C13H17FO. The highest BCUT2D eigenvalue weighted by Gasteiger charge is 2.17. The van der Waals surface area contributed by atoms with Crippen molar-refractivity contribution in [3.63, 3.8) is 0 Å². The van der Waals surface area contributed by atoms with E-state index in [1.165, 1.54) is 12.8 Å². The zero-order valence-corrected chi connectivity index (χ0v) is 9.18. The number of hydrogen-bond acceptors (Lipinski definition) is 1. The average molecular weight is 208 g/mol. The fraction of sp³-hybridized carbons (Fsp3) is 0.538. The first-order valence-corrected chi connectivity index (χ1v) is 5.75. The molecule has 0 unspecified atom stereocenters. The van der Waals surface area contributed by atoms with Gasteiger partial charge in [0, 0.05) is 12.0 Å². The minimum Gasteiger partial charge on any atom is -0.493 e. The van der Waals surface area contributed by atoms with E-state index in [0.29, 0.717) is 6.61 Å². The highest BCUT2D eigenvalue weighted by atomic mass is 19.1. The fourth-order valence-corrected chi connectivity index (χ4v) is 2.10. The van der Waals surface area contributed by atoms with Gasteiger partial charge in [0.1, 0.15) is 11.6 Å². The molecule has 15 heavy (non-hydrogen) atoms. The minimum atomic E-state index is -0.120. The molecule has 2 rings (SSSR count). The van der Waals surface area contributed by atoms with Gasteiger partial charge in [-0.15, -0.1) is 0 Å². The van der Waals surface area contributed by atoms with Gasteiger partial charge < -0.3 is 4.74 Å². The predicted molar refractivity (Wildman–Crippen MR) is 58.8 cm³/mol. The average Bonchev–Trinajstić information content (AvgIpc) is 2.65. The number of unbranched alkanes of at least 4 members (excludes halogenated alkanes) is 2. The van der Waals surface area contributed by atoms with Crippen LogP contribution in [0.3, 0.4) is 0 Å². The zero-order valence-electron chi connectivity index (χ0n) is 9.18. The lowest BCUT2D eigenvalue weighted by molar-refractivity contribution is 0.352. The molecule has 1 aliphatic rings. The van der Waals surface area contributed by atoms with Crippen LogP contribution < -0.4 is 4.74 Å². The van der Waals surface area contributed by atoms with Crippen LogP contribution in [-0.4, -0.2) is 6.61 Å². The summed E-state index contributed by atoms with van der Waals surface area (Å²) in [5.74, 6) is 0.832. The number of halogens is 1. The SMILES string of the molecule is CCCCCc1cc(F)cc2c1OCC2. The molecule has 0 N–H and O–H groups in total. The zero-order chi connectivity index (χ0) is 10.7. The first kappa shape index (κ1) is 10.5. The van der Waals surface area contributed by atoms with Crippen LogP contribution in [0.15, 0.2) is 12.1 Å². The molecule has 0 saturated heterocycles. The Morgan fingerprint density at radius 1 is 1.33 bits per heavy atom. The van der Waals surface area contributed by atoms with E-state index in [9.17, 15) is 4.39 Å². The third-order valence-electron chi connectivity index (χ3n) is 2.88. The number of ether oxygens (including phenoxy) is 1. The Kier molecular flexibility index (Phi) is 3.24. The molecule has 1 aliphatic heterocycles. The van der Waals surface area contributed by atoms with Gasteiger partial charge in [0.05, 0.1) is 6.61 Å². The molecule has 0 fully saturated rings. The lowest BCUT2D eigenvalue weighted by Gasteiger charge is -2.07. The largest absolute Gasteiger partial charge is 0.493 e. The van der Waals surface area contributed by atoms with Crippen molar-refractivity contribution in [2.45, 2.75) is 39.0 Å². The third-order valence-corrected chi connectivity index (χ3v) is 2.88. The fourth-order valence-electron chi connectivity index (χ4n) is 2.10. The van der Waals surface area contributed by atoms with Crippen molar-refractivity contribution in [1.82, 2.24) is 0 Å². The van der Waals surface area contributed by atoms with Gasteiger partial charge in [0.15, 0.2) is 0 Å². The molecule has 1 aromatic rings. The first-order valence-electron chi connectivity index (χ1n) is 5.75. The summed E-state index contributed by atoms with van der Waals surface area (Å²) in [5, 5.41) is 0. The van der Waals surface area contributed by atoms with Crippen LogP contribution in [0.25, 0.3) is 0 Å². The molecule has 0 aliphatic carbocycles. The predicted octanol–water partition coefficient (Wildman–Crippen LogP) is 3.49. The first-order chi connectivity index (χ1) is 7.31. The highest BCUT2D eigenvalue weighted by Crippen LogP contribution is 2.31. The molecule has 1 nitrogen and oxygen atoms in total. The lowest BCUT2D eigenvalue weighted by atomic mass is 10.0. The molecular weight excluding hydrogens is 191 g/mol. The monoisotopic (exact) mass is 208 g/mol. The van der Waals surface area contributed by atoms with Crippen molar-refractivity contribution < 1.29 is 9.13 Å². The van der Waals surface area contributed by atoms with Crippen LogP contribution in [-0.2, 0) is 12.8 Å². The molecule has 0 bridgehead atoms. The Balaban J connectivity index is 2.15. The van der Waals surface area contributed by atoms with Crippen LogP contribution in [0.4, 0.5) is 4.39 Å². The Morgan fingerprint density at radius 3 is 3.00 bits per heavy atom. The molecule has 0 spiro atoms. The third kappa shape index (κ3) is 2.31. The van der Waals surface area contributed by atoms with E-state index in [2.05, 4.69) is 6.92 Å². The topological polar surface area (TPSA) is 9.23 Å². The Morgan fingerprint density at radius 2 is 2.20 bits per heavy atom. The number of aryl methyl sites for hydroxylation is 1. The number of fused-ring (bicyclic) bond motifs is 1. The quantitative estimate of drug-likeness (QED) is 0.688. The second-order valence-electron chi connectivity index (χ2n) is 4.11. The summed E-state index contributed by atoms with van der Waals surface area (Å²) in [7, 11) is 0.